The second-order valence-electron chi connectivity index (χ2n) is 6.00. The summed E-state index contributed by atoms with van der Waals surface area (Å²) in [5.74, 6) is 1.76. The molecule has 1 aliphatic rings. The summed E-state index contributed by atoms with van der Waals surface area (Å²) in [7, 11) is 1.66. The number of thioether (sulfide) groups is 1. The minimum atomic E-state index is -0.231. The molecule has 2 unspecified atom stereocenters. The number of amides is 2. The molecule has 0 bridgehead atoms. The molecule has 1 aromatic rings. The molecule has 6 heteroatoms. The Kier molecular flexibility index (Phi) is 8.28. The van der Waals surface area contributed by atoms with Crippen molar-refractivity contribution in [3.8, 4) is 5.75 Å². The highest BCUT2D eigenvalue weighted by molar-refractivity contribution is 7.99. The van der Waals surface area contributed by atoms with Gasteiger partial charge in [-0.25, -0.2) is 0 Å². The summed E-state index contributed by atoms with van der Waals surface area (Å²) in [6, 6.07) is 7.97. The molecule has 1 aromatic carbocycles. The minimum Gasteiger partial charge on any atom is -0.497 e. The van der Waals surface area contributed by atoms with Crippen molar-refractivity contribution in [2.75, 3.05) is 20.0 Å². The molecule has 26 heavy (non-hydrogen) atoms. The summed E-state index contributed by atoms with van der Waals surface area (Å²) >= 11 is 1.46. The first-order valence-electron chi connectivity index (χ1n) is 8.57. The fourth-order valence-electron chi connectivity index (χ4n) is 2.78. The molecule has 0 saturated heterocycles. The number of carbonyl (C=O) groups excluding carboxylic acids is 2. The van der Waals surface area contributed by atoms with Gasteiger partial charge in [-0.2, -0.15) is 11.8 Å². The topological polar surface area (TPSA) is 64.6 Å². The Morgan fingerprint density at radius 3 is 2.96 bits per heavy atom. The third-order valence-electron chi connectivity index (χ3n) is 4.24. The number of hydrogen-bond acceptors (Lipinski definition) is 5. The third kappa shape index (κ3) is 6.26. The van der Waals surface area contributed by atoms with Crippen molar-refractivity contribution in [3.05, 3.63) is 53.8 Å². The molecule has 0 heterocycles. The van der Waals surface area contributed by atoms with Gasteiger partial charge in [-0.3, -0.25) is 14.9 Å². The van der Waals surface area contributed by atoms with Crippen LogP contribution >= 0.6 is 11.8 Å². The zero-order valence-corrected chi connectivity index (χ0v) is 16.0. The standard InChI is InChI=1S/C20H25NO4S/c1-24-18-5-3-4-15(12-18)10-11-25-17-8-6-16(7-9-17)13-19(26-2)20(23)21-14-22/h3-6,8-9,12,14,16,19H,7,10-11,13H2,1-2H3,(H,21,22,23). The summed E-state index contributed by atoms with van der Waals surface area (Å²) in [6.07, 6.45) is 10.8. The molecule has 0 fully saturated rings. The summed E-state index contributed by atoms with van der Waals surface area (Å²) in [5, 5.41) is 2.01. The molecule has 1 N–H and O–H groups in total. The van der Waals surface area contributed by atoms with E-state index in [4.69, 9.17) is 9.47 Å². The summed E-state index contributed by atoms with van der Waals surface area (Å²) in [4.78, 5) is 22.2. The number of methoxy groups -OCH3 is 1. The third-order valence-corrected chi connectivity index (χ3v) is 5.22. The Morgan fingerprint density at radius 2 is 2.31 bits per heavy atom. The van der Waals surface area contributed by atoms with Crippen LogP contribution in [-0.4, -0.2) is 37.5 Å². The van der Waals surface area contributed by atoms with E-state index in [2.05, 4.69) is 23.5 Å². The lowest BCUT2D eigenvalue weighted by Gasteiger charge is -2.20. The predicted molar refractivity (Wildman–Crippen MR) is 104 cm³/mol. The monoisotopic (exact) mass is 375 g/mol. The Hall–Kier alpha value is -2.21. The maximum Gasteiger partial charge on any atom is 0.239 e. The predicted octanol–water partition coefficient (Wildman–Crippen LogP) is 3.11. The van der Waals surface area contributed by atoms with Gasteiger partial charge >= 0.3 is 0 Å². The SMILES string of the molecule is COc1cccc(CCOC2=CCC(CC(SC)C(=O)NC=O)C=C2)c1. The molecule has 1 aliphatic carbocycles. The molecule has 0 aromatic heterocycles. The minimum absolute atomic E-state index is 0.223. The van der Waals surface area contributed by atoms with Gasteiger partial charge in [0.05, 0.1) is 19.0 Å². The first-order chi connectivity index (χ1) is 12.7. The zero-order valence-electron chi connectivity index (χ0n) is 15.1. The van der Waals surface area contributed by atoms with Crippen LogP contribution in [-0.2, 0) is 20.7 Å². The number of imide groups is 1. The first kappa shape index (κ1) is 20.1. The van der Waals surface area contributed by atoms with Crippen LogP contribution in [0.25, 0.3) is 0 Å². The van der Waals surface area contributed by atoms with E-state index in [1.165, 1.54) is 17.3 Å². The quantitative estimate of drug-likeness (QED) is 0.637. The van der Waals surface area contributed by atoms with Crippen LogP contribution in [0.4, 0.5) is 0 Å². The van der Waals surface area contributed by atoms with Crippen LogP contribution < -0.4 is 10.1 Å². The number of benzene rings is 1. The maximum atomic E-state index is 11.8. The summed E-state index contributed by atoms with van der Waals surface area (Å²) in [5.41, 5.74) is 1.17. The van der Waals surface area contributed by atoms with Gasteiger partial charge in [-0.15, -0.1) is 0 Å². The Balaban J connectivity index is 1.76. The van der Waals surface area contributed by atoms with Gasteiger partial charge in [0.2, 0.25) is 12.3 Å². The number of allylic oxidation sites excluding steroid dienone is 3. The number of hydrogen-bond donors (Lipinski definition) is 1. The Morgan fingerprint density at radius 1 is 1.46 bits per heavy atom. The smallest absolute Gasteiger partial charge is 0.239 e. The molecule has 0 radical (unpaired) electrons. The summed E-state index contributed by atoms with van der Waals surface area (Å²) < 4.78 is 11.1. The lowest BCUT2D eigenvalue weighted by molar-refractivity contribution is -0.125. The van der Waals surface area contributed by atoms with E-state index in [0.29, 0.717) is 19.4 Å². The summed E-state index contributed by atoms with van der Waals surface area (Å²) in [6.45, 7) is 0.600. The lowest BCUT2D eigenvalue weighted by Crippen LogP contribution is -2.32. The van der Waals surface area contributed by atoms with E-state index in [-0.39, 0.29) is 17.1 Å². The first-order valence-corrected chi connectivity index (χ1v) is 9.86. The van der Waals surface area contributed by atoms with Crippen molar-refractivity contribution in [2.45, 2.75) is 24.5 Å². The number of ether oxygens (including phenoxy) is 2. The van der Waals surface area contributed by atoms with E-state index in [0.717, 1.165) is 24.4 Å². The number of rotatable bonds is 10. The second kappa shape index (κ2) is 10.7. The van der Waals surface area contributed by atoms with Crippen molar-refractivity contribution in [1.29, 1.82) is 0 Å². The van der Waals surface area contributed by atoms with E-state index in [1.54, 1.807) is 7.11 Å². The van der Waals surface area contributed by atoms with E-state index >= 15 is 0 Å². The van der Waals surface area contributed by atoms with Crippen molar-refractivity contribution in [2.24, 2.45) is 5.92 Å². The van der Waals surface area contributed by atoms with Gasteiger partial charge in [0, 0.05) is 6.42 Å². The van der Waals surface area contributed by atoms with Crippen molar-refractivity contribution in [1.82, 2.24) is 5.32 Å². The zero-order chi connectivity index (χ0) is 18.8. The van der Waals surface area contributed by atoms with E-state index < -0.39 is 0 Å². The molecule has 2 atom stereocenters. The molecule has 0 saturated carbocycles. The van der Waals surface area contributed by atoms with Gasteiger partial charge < -0.3 is 9.47 Å². The van der Waals surface area contributed by atoms with Crippen LogP contribution in [0.1, 0.15) is 18.4 Å². The van der Waals surface area contributed by atoms with Crippen LogP contribution in [0.2, 0.25) is 0 Å². The fourth-order valence-corrected chi connectivity index (χ4v) is 3.50. The largest absolute Gasteiger partial charge is 0.497 e. The molecule has 2 amide bonds. The van der Waals surface area contributed by atoms with Gasteiger partial charge in [-0.05, 0) is 54.9 Å². The Labute approximate surface area is 158 Å². The molecule has 140 valence electrons. The Bertz CT molecular complexity index is 672. The van der Waals surface area contributed by atoms with Gasteiger partial charge in [0.15, 0.2) is 0 Å². The van der Waals surface area contributed by atoms with Gasteiger partial charge in [0.1, 0.15) is 11.5 Å². The van der Waals surface area contributed by atoms with Crippen molar-refractivity contribution in [3.63, 3.8) is 0 Å². The van der Waals surface area contributed by atoms with Crippen LogP contribution in [0, 0.1) is 5.92 Å². The lowest BCUT2D eigenvalue weighted by atomic mass is 9.94. The highest BCUT2D eigenvalue weighted by Gasteiger charge is 2.21. The average Bonchev–Trinajstić information content (AvgIpc) is 2.67. The highest BCUT2D eigenvalue weighted by Crippen LogP contribution is 2.25. The average molecular weight is 375 g/mol. The van der Waals surface area contributed by atoms with Crippen LogP contribution in [0.15, 0.2) is 48.3 Å². The molecule has 0 aliphatic heterocycles. The van der Waals surface area contributed by atoms with Crippen molar-refractivity contribution >= 4 is 24.1 Å². The maximum absolute atomic E-state index is 11.8. The van der Waals surface area contributed by atoms with Crippen molar-refractivity contribution < 1.29 is 19.1 Å². The van der Waals surface area contributed by atoms with Crippen LogP contribution in [0.5, 0.6) is 5.75 Å². The number of nitrogens with one attached hydrogen (secondary N) is 1. The molecule has 5 nitrogen and oxygen atoms in total. The van der Waals surface area contributed by atoms with Crippen LogP contribution in [0.3, 0.4) is 0 Å². The van der Waals surface area contributed by atoms with Gasteiger partial charge in [0.25, 0.3) is 0 Å². The fraction of sp³-hybridized carbons (Fsp3) is 0.400. The van der Waals surface area contributed by atoms with Gasteiger partial charge in [-0.1, -0.05) is 18.2 Å². The molecular formula is C20H25NO4S. The van der Waals surface area contributed by atoms with E-state index in [1.807, 2.05) is 30.5 Å². The molecule has 0 spiro atoms. The highest BCUT2D eigenvalue weighted by atomic mass is 32.2. The number of carbonyl (C=O) groups is 2. The molecular weight excluding hydrogens is 350 g/mol. The second-order valence-corrected chi connectivity index (χ2v) is 7.04. The molecule has 2 rings (SSSR count). The normalized spacial score (nSPS) is 17.2. The van der Waals surface area contributed by atoms with E-state index in [9.17, 15) is 9.59 Å².